The summed E-state index contributed by atoms with van der Waals surface area (Å²) in [5, 5.41) is 2.89. The van der Waals surface area contributed by atoms with Gasteiger partial charge in [0.25, 0.3) is 0 Å². The van der Waals surface area contributed by atoms with E-state index in [0.717, 1.165) is 16.8 Å². The molecule has 0 fully saturated rings. The average Bonchev–Trinajstić information content (AvgIpc) is 2.48. The molecule has 0 saturated heterocycles. The monoisotopic (exact) mass is 309 g/mol. The molecule has 0 radical (unpaired) electrons. The van der Waals surface area contributed by atoms with Gasteiger partial charge in [0.15, 0.2) is 0 Å². The summed E-state index contributed by atoms with van der Waals surface area (Å²) >= 11 is 0. The summed E-state index contributed by atoms with van der Waals surface area (Å²) in [4.78, 5) is 13.7. The molecule has 0 aliphatic carbocycles. The average molecular weight is 309 g/mol. The second kappa shape index (κ2) is 8.01. The molecule has 0 aromatic heterocycles. The predicted molar refractivity (Wildman–Crippen MR) is 88.6 cm³/mol. The minimum Gasteiger partial charge on any atom is -0.385 e. The van der Waals surface area contributed by atoms with Crippen LogP contribution in [0.15, 0.2) is 35.3 Å². The molecule has 0 saturated carbocycles. The summed E-state index contributed by atoms with van der Waals surface area (Å²) in [5.41, 5.74) is 9.04. The highest BCUT2D eigenvalue weighted by molar-refractivity contribution is 5.81. The largest absolute Gasteiger partial charge is 0.385 e. The maximum Gasteiger partial charge on any atom is 0.327 e. The molecule has 1 aliphatic rings. The van der Waals surface area contributed by atoms with Gasteiger partial charge in [0, 0.05) is 17.8 Å². The van der Waals surface area contributed by atoms with Crippen LogP contribution < -0.4 is 11.1 Å². The van der Waals surface area contributed by atoms with Gasteiger partial charge in [0.2, 0.25) is 0 Å². The summed E-state index contributed by atoms with van der Waals surface area (Å²) in [5.74, 6) is 0.843. The Morgan fingerprint density at radius 1 is 1.45 bits per heavy atom. The summed E-state index contributed by atoms with van der Waals surface area (Å²) in [6.07, 6.45) is 2.88. The fraction of sp³-hybridized carbons (Fsp3) is 0.588. The van der Waals surface area contributed by atoms with Gasteiger partial charge in [0.1, 0.15) is 5.82 Å². The molecule has 5 heteroatoms. The van der Waals surface area contributed by atoms with Crippen molar-refractivity contribution < 1.29 is 9.18 Å². The number of carbonyl (C=O) groups is 1. The molecule has 4 nitrogen and oxygen atoms in total. The van der Waals surface area contributed by atoms with Crippen LogP contribution in [0.3, 0.4) is 0 Å². The number of nitrogens with zero attached hydrogens (tertiary/aromatic N) is 1. The Bertz CT molecular complexity index is 496. The first-order valence-corrected chi connectivity index (χ1v) is 7.81. The van der Waals surface area contributed by atoms with E-state index >= 15 is 0 Å². The molecule has 0 bridgehead atoms. The fourth-order valence-corrected chi connectivity index (χ4v) is 2.61. The third-order valence-corrected chi connectivity index (χ3v) is 4.38. The predicted octanol–water partition coefficient (Wildman–Crippen LogP) is 3.68. The van der Waals surface area contributed by atoms with Crippen molar-refractivity contribution in [1.29, 1.82) is 0 Å². The molecule has 0 aromatic rings. The van der Waals surface area contributed by atoms with Crippen molar-refractivity contribution >= 4 is 6.03 Å². The number of unbranched alkanes of at least 4 members (excludes halogenated alkanes) is 1. The number of alkyl halides is 1. The number of nitrogens with two attached hydrogens (primary N) is 1. The Balaban J connectivity index is 3.15. The van der Waals surface area contributed by atoms with Crippen molar-refractivity contribution in [3.63, 3.8) is 0 Å². The number of nitrogens with one attached hydrogen (secondary N) is 1. The molecule has 1 heterocycles. The lowest BCUT2D eigenvalue weighted by Gasteiger charge is -2.36. The van der Waals surface area contributed by atoms with Crippen molar-refractivity contribution in [3.05, 3.63) is 35.3 Å². The van der Waals surface area contributed by atoms with Crippen LogP contribution in [-0.4, -0.2) is 24.2 Å². The lowest BCUT2D eigenvalue weighted by molar-refractivity contribution is 0.207. The van der Waals surface area contributed by atoms with Crippen molar-refractivity contribution in [2.24, 2.45) is 17.6 Å². The van der Waals surface area contributed by atoms with E-state index in [9.17, 15) is 9.18 Å². The highest BCUT2D eigenvalue weighted by atomic mass is 19.1. The first kappa shape index (κ1) is 18.3. The van der Waals surface area contributed by atoms with Gasteiger partial charge in [-0.05, 0) is 38.5 Å². The summed E-state index contributed by atoms with van der Waals surface area (Å²) in [6, 6.07) is -0.247. The Morgan fingerprint density at radius 2 is 2.09 bits per heavy atom. The van der Waals surface area contributed by atoms with Crippen molar-refractivity contribution in [1.82, 2.24) is 10.2 Å². The zero-order valence-electron chi connectivity index (χ0n) is 14.1. The molecule has 2 unspecified atom stereocenters. The molecule has 2 amide bonds. The summed E-state index contributed by atoms with van der Waals surface area (Å²) in [6.45, 7) is 12.1. The van der Waals surface area contributed by atoms with Crippen molar-refractivity contribution in [3.8, 4) is 0 Å². The van der Waals surface area contributed by atoms with Gasteiger partial charge in [-0.2, -0.15) is 0 Å². The normalized spacial score (nSPS) is 20.1. The molecule has 0 spiro atoms. The number of carbonyl (C=O) groups excluding carboxylic acids is 1. The van der Waals surface area contributed by atoms with Crippen LogP contribution in [-0.2, 0) is 0 Å². The Hall–Kier alpha value is -1.78. The standard InChI is InChI=1S/C17H28FN3O/c1-6-14-15(13(5)12(4)11(2)3)16(19)21(17(22)20-14)10-8-7-9-18/h6,12-13H,2,7-10,19H2,1,3-5H3,(H,20,22)/b14-6+. The van der Waals surface area contributed by atoms with Crippen LogP contribution in [0, 0.1) is 11.8 Å². The Morgan fingerprint density at radius 3 is 2.59 bits per heavy atom. The fourth-order valence-electron chi connectivity index (χ4n) is 2.61. The van der Waals surface area contributed by atoms with Gasteiger partial charge in [-0.1, -0.05) is 32.1 Å². The van der Waals surface area contributed by atoms with E-state index in [4.69, 9.17) is 5.73 Å². The smallest absolute Gasteiger partial charge is 0.327 e. The lowest BCUT2D eigenvalue weighted by Crippen LogP contribution is -2.48. The number of rotatable bonds is 7. The van der Waals surface area contributed by atoms with Crippen molar-refractivity contribution in [2.45, 2.75) is 40.5 Å². The van der Waals surface area contributed by atoms with Gasteiger partial charge in [-0.3, -0.25) is 9.29 Å². The number of hydrogen-bond acceptors (Lipinski definition) is 2. The van der Waals surface area contributed by atoms with E-state index in [1.165, 1.54) is 4.90 Å². The molecule has 0 aromatic carbocycles. The van der Waals surface area contributed by atoms with Crippen LogP contribution in [0.1, 0.15) is 40.5 Å². The third-order valence-electron chi connectivity index (χ3n) is 4.38. The minimum atomic E-state index is -0.380. The van der Waals surface area contributed by atoms with E-state index in [-0.39, 0.29) is 24.5 Å². The van der Waals surface area contributed by atoms with E-state index in [1.807, 2.05) is 19.9 Å². The van der Waals surface area contributed by atoms with Gasteiger partial charge < -0.3 is 11.1 Å². The number of urea groups is 1. The van der Waals surface area contributed by atoms with E-state index in [1.54, 1.807) is 0 Å². The molecule has 1 rings (SSSR count). The molecular weight excluding hydrogens is 281 g/mol. The maximum absolute atomic E-state index is 12.3. The second-order valence-corrected chi connectivity index (χ2v) is 5.90. The minimum absolute atomic E-state index is 0.132. The summed E-state index contributed by atoms with van der Waals surface area (Å²) in [7, 11) is 0. The van der Waals surface area contributed by atoms with E-state index < -0.39 is 0 Å². The van der Waals surface area contributed by atoms with Crippen LogP contribution in [0.2, 0.25) is 0 Å². The molecule has 1 aliphatic heterocycles. The highest BCUT2D eigenvalue weighted by Gasteiger charge is 2.32. The van der Waals surface area contributed by atoms with Gasteiger partial charge >= 0.3 is 6.03 Å². The van der Waals surface area contributed by atoms with Crippen LogP contribution >= 0.6 is 0 Å². The lowest BCUT2D eigenvalue weighted by atomic mass is 9.82. The number of amides is 2. The van der Waals surface area contributed by atoms with E-state index in [0.29, 0.717) is 25.2 Å². The Labute approximate surface area is 132 Å². The number of allylic oxidation sites excluding steroid dienone is 3. The maximum atomic E-state index is 12.3. The molecule has 22 heavy (non-hydrogen) atoms. The molecule has 124 valence electrons. The van der Waals surface area contributed by atoms with Gasteiger partial charge in [0.05, 0.1) is 6.67 Å². The first-order chi connectivity index (χ1) is 10.3. The summed E-state index contributed by atoms with van der Waals surface area (Å²) < 4.78 is 12.3. The number of halogens is 1. The third kappa shape index (κ3) is 3.90. The van der Waals surface area contributed by atoms with Gasteiger partial charge in [-0.15, -0.1) is 0 Å². The van der Waals surface area contributed by atoms with Crippen LogP contribution in [0.4, 0.5) is 9.18 Å². The zero-order valence-corrected chi connectivity index (χ0v) is 14.1. The number of hydrogen-bond donors (Lipinski definition) is 2. The molecular formula is C17H28FN3O. The molecule has 2 atom stereocenters. The van der Waals surface area contributed by atoms with E-state index in [2.05, 4.69) is 25.7 Å². The zero-order chi connectivity index (χ0) is 16.9. The second-order valence-electron chi connectivity index (χ2n) is 5.90. The van der Waals surface area contributed by atoms with Crippen molar-refractivity contribution in [2.75, 3.05) is 13.2 Å². The molecule has 3 N–H and O–H groups in total. The van der Waals surface area contributed by atoms with Gasteiger partial charge in [-0.25, -0.2) is 4.79 Å². The highest BCUT2D eigenvalue weighted by Crippen LogP contribution is 2.33. The first-order valence-electron chi connectivity index (χ1n) is 7.81. The van der Waals surface area contributed by atoms with Crippen LogP contribution in [0.5, 0.6) is 0 Å². The SMILES string of the molecule is C=C(C)C(C)C(C)C1=C(N)N(CCCCF)C(=O)N/C1=C/C. The Kier molecular flexibility index (Phi) is 6.65. The topological polar surface area (TPSA) is 58.4 Å². The van der Waals surface area contributed by atoms with Crippen LogP contribution in [0.25, 0.3) is 0 Å². The quantitative estimate of drug-likeness (QED) is 0.556.